The second-order valence-electron chi connectivity index (χ2n) is 4.61. The Bertz CT molecular complexity index is 435. The number of aromatic nitrogens is 1. The average Bonchev–Trinajstić information content (AvgIpc) is 2.64. The van der Waals surface area contributed by atoms with Crippen molar-refractivity contribution in [3.8, 4) is 0 Å². The summed E-state index contributed by atoms with van der Waals surface area (Å²) in [5, 5.41) is 9.77. The van der Waals surface area contributed by atoms with Gasteiger partial charge in [-0.25, -0.2) is 9.78 Å². The van der Waals surface area contributed by atoms with E-state index in [-0.39, 0.29) is 10.0 Å². The van der Waals surface area contributed by atoms with Gasteiger partial charge in [-0.05, 0) is 18.3 Å². The molecule has 2 unspecified atom stereocenters. The fourth-order valence-electron chi connectivity index (χ4n) is 1.99. The second kappa shape index (κ2) is 4.82. The maximum absolute atomic E-state index is 10.9. The Balaban J connectivity index is 2.18. The van der Waals surface area contributed by atoms with Gasteiger partial charge in [0.15, 0.2) is 15.2 Å². The molecule has 1 aromatic heterocycles. The molecular weight excluding hydrogens is 260 g/mol. The van der Waals surface area contributed by atoms with E-state index in [1.54, 1.807) is 0 Å². The highest BCUT2D eigenvalue weighted by atomic mass is 35.5. The van der Waals surface area contributed by atoms with Crippen molar-refractivity contribution in [2.75, 3.05) is 18.0 Å². The first-order chi connectivity index (χ1) is 7.99. The zero-order valence-electron chi connectivity index (χ0n) is 9.81. The van der Waals surface area contributed by atoms with Crippen molar-refractivity contribution in [1.82, 2.24) is 4.98 Å². The first-order valence-electron chi connectivity index (χ1n) is 5.63. The number of thiazole rings is 1. The van der Waals surface area contributed by atoms with Gasteiger partial charge in [0.2, 0.25) is 0 Å². The van der Waals surface area contributed by atoms with Crippen LogP contribution in [0.25, 0.3) is 0 Å². The zero-order valence-corrected chi connectivity index (χ0v) is 11.4. The minimum atomic E-state index is -1.00. The van der Waals surface area contributed by atoms with Gasteiger partial charge in [-0.15, -0.1) is 0 Å². The molecule has 0 aromatic carbocycles. The number of rotatable bonds is 2. The number of hydrogen-bond acceptors (Lipinski definition) is 4. The molecule has 2 heterocycles. The molecule has 0 amide bonds. The van der Waals surface area contributed by atoms with E-state index in [1.165, 1.54) is 0 Å². The van der Waals surface area contributed by atoms with E-state index in [0.29, 0.717) is 11.8 Å². The fraction of sp³-hybridized carbons (Fsp3) is 0.636. The third-order valence-electron chi connectivity index (χ3n) is 3.37. The lowest BCUT2D eigenvalue weighted by Crippen LogP contribution is -2.38. The maximum atomic E-state index is 10.9. The molecule has 1 aromatic rings. The molecule has 17 heavy (non-hydrogen) atoms. The van der Waals surface area contributed by atoms with Gasteiger partial charge in [0.25, 0.3) is 0 Å². The molecular formula is C11H15ClN2O2S. The van der Waals surface area contributed by atoms with E-state index in [9.17, 15) is 4.79 Å². The number of anilines is 1. The van der Waals surface area contributed by atoms with Crippen LogP contribution in [-0.4, -0.2) is 29.1 Å². The summed E-state index contributed by atoms with van der Waals surface area (Å²) in [4.78, 5) is 17.3. The fourth-order valence-corrected chi connectivity index (χ4v) is 3.15. The van der Waals surface area contributed by atoms with E-state index >= 15 is 0 Å². The number of carboxylic acids is 1. The van der Waals surface area contributed by atoms with Gasteiger partial charge in [0.1, 0.15) is 0 Å². The number of aromatic carboxylic acids is 1. The van der Waals surface area contributed by atoms with E-state index < -0.39 is 5.97 Å². The summed E-state index contributed by atoms with van der Waals surface area (Å²) in [6.07, 6.45) is 1.11. The van der Waals surface area contributed by atoms with Crippen molar-refractivity contribution in [2.24, 2.45) is 11.8 Å². The molecule has 0 bridgehead atoms. The maximum Gasteiger partial charge on any atom is 0.349 e. The topological polar surface area (TPSA) is 53.4 Å². The molecule has 2 rings (SSSR count). The molecule has 0 radical (unpaired) electrons. The molecule has 1 N–H and O–H groups in total. The SMILES string of the molecule is CC1CCN(c2nc(Cl)c(C(=O)O)s2)CC1C. The molecule has 1 aliphatic heterocycles. The highest BCUT2D eigenvalue weighted by Gasteiger charge is 2.26. The Hall–Kier alpha value is -0.810. The number of piperidine rings is 1. The molecule has 2 atom stereocenters. The lowest BCUT2D eigenvalue weighted by molar-refractivity contribution is 0.0702. The summed E-state index contributed by atoms with van der Waals surface area (Å²) < 4.78 is 0. The largest absolute Gasteiger partial charge is 0.477 e. The summed E-state index contributed by atoms with van der Waals surface area (Å²) in [7, 11) is 0. The first-order valence-corrected chi connectivity index (χ1v) is 6.83. The Morgan fingerprint density at radius 3 is 2.76 bits per heavy atom. The molecule has 0 aliphatic carbocycles. The zero-order chi connectivity index (χ0) is 12.6. The molecule has 0 spiro atoms. The van der Waals surface area contributed by atoms with Gasteiger partial charge in [0, 0.05) is 13.1 Å². The van der Waals surface area contributed by atoms with Crippen LogP contribution >= 0.6 is 22.9 Å². The van der Waals surface area contributed by atoms with Crippen molar-refractivity contribution in [3.05, 3.63) is 10.0 Å². The van der Waals surface area contributed by atoms with Crippen molar-refractivity contribution in [2.45, 2.75) is 20.3 Å². The average molecular weight is 275 g/mol. The Kier molecular flexibility index (Phi) is 3.58. The van der Waals surface area contributed by atoms with Crippen LogP contribution in [0.1, 0.15) is 29.9 Å². The van der Waals surface area contributed by atoms with Crippen LogP contribution in [0.15, 0.2) is 0 Å². The Labute approximate surface area is 109 Å². The van der Waals surface area contributed by atoms with E-state index in [0.717, 1.165) is 36.0 Å². The molecule has 1 aliphatic rings. The van der Waals surface area contributed by atoms with Gasteiger partial charge < -0.3 is 10.0 Å². The quantitative estimate of drug-likeness (QED) is 0.901. The predicted molar refractivity (Wildman–Crippen MR) is 69.2 cm³/mol. The van der Waals surface area contributed by atoms with Crippen LogP contribution in [0.5, 0.6) is 0 Å². The smallest absolute Gasteiger partial charge is 0.349 e. The van der Waals surface area contributed by atoms with Gasteiger partial charge in [-0.1, -0.05) is 36.8 Å². The number of hydrogen-bond donors (Lipinski definition) is 1. The molecule has 4 nitrogen and oxygen atoms in total. The number of nitrogens with zero attached hydrogens (tertiary/aromatic N) is 2. The van der Waals surface area contributed by atoms with Crippen LogP contribution in [0, 0.1) is 11.8 Å². The van der Waals surface area contributed by atoms with Crippen LogP contribution < -0.4 is 4.90 Å². The third-order valence-corrected chi connectivity index (χ3v) is 4.86. The summed E-state index contributed by atoms with van der Waals surface area (Å²) in [5.41, 5.74) is 0. The lowest BCUT2D eigenvalue weighted by atomic mass is 9.89. The predicted octanol–water partition coefficient (Wildman–Crippen LogP) is 2.98. The van der Waals surface area contributed by atoms with Crippen molar-refractivity contribution in [3.63, 3.8) is 0 Å². The first kappa shape index (κ1) is 12.6. The van der Waals surface area contributed by atoms with Gasteiger partial charge in [-0.3, -0.25) is 0 Å². The number of carbonyl (C=O) groups is 1. The van der Waals surface area contributed by atoms with Crippen LogP contribution in [0.4, 0.5) is 5.13 Å². The van der Waals surface area contributed by atoms with Crippen LogP contribution in [0.2, 0.25) is 5.15 Å². The summed E-state index contributed by atoms with van der Waals surface area (Å²) in [6.45, 7) is 6.31. The van der Waals surface area contributed by atoms with Crippen LogP contribution in [0.3, 0.4) is 0 Å². The normalized spacial score (nSPS) is 25.0. The van der Waals surface area contributed by atoms with Gasteiger partial charge in [0.05, 0.1) is 0 Å². The summed E-state index contributed by atoms with van der Waals surface area (Å²) in [5.74, 6) is 0.303. The van der Waals surface area contributed by atoms with E-state index in [1.807, 2.05) is 0 Å². The Morgan fingerprint density at radius 2 is 2.24 bits per heavy atom. The third kappa shape index (κ3) is 2.55. The molecule has 1 fully saturated rings. The molecule has 6 heteroatoms. The van der Waals surface area contributed by atoms with E-state index in [4.69, 9.17) is 16.7 Å². The number of carboxylic acid groups (broad SMARTS) is 1. The second-order valence-corrected chi connectivity index (χ2v) is 5.95. The van der Waals surface area contributed by atoms with E-state index in [2.05, 4.69) is 23.7 Å². The van der Waals surface area contributed by atoms with Crippen LogP contribution in [-0.2, 0) is 0 Å². The summed E-state index contributed by atoms with van der Waals surface area (Å²) >= 11 is 6.98. The van der Waals surface area contributed by atoms with Crippen molar-refractivity contribution in [1.29, 1.82) is 0 Å². The Morgan fingerprint density at radius 1 is 1.53 bits per heavy atom. The van der Waals surface area contributed by atoms with Gasteiger partial charge >= 0.3 is 5.97 Å². The highest BCUT2D eigenvalue weighted by Crippen LogP contribution is 2.33. The molecule has 1 saturated heterocycles. The monoisotopic (exact) mass is 274 g/mol. The minimum Gasteiger partial charge on any atom is -0.477 e. The highest BCUT2D eigenvalue weighted by molar-refractivity contribution is 7.18. The molecule has 0 saturated carbocycles. The lowest BCUT2D eigenvalue weighted by Gasteiger charge is -2.35. The summed E-state index contributed by atoms with van der Waals surface area (Å²) in [6, 6.07) is 0. The van der Waals surface area contributed by atoms with Crippen molar-refractivity contribution < 1.29 is 9.90 Å². The standard InChI is InChI=1S/C11H15ClN2O2S/c1-6-3-4-14(5-7(6)2)11-13-9(12)8(17-11)10(15)16/h6-7H,3-5H2,1-2H3,(H,15,16). The minimum absolute atomic E-state index is 0.101. The number of halogens is 1. The molecule has 94 valence electrons. The van der Waals surface area contributed by atoms with Crippen molar-refractivity contribution >= 4 is 34.0 Å². The van der Waals surface area contributed by atoms with Gasteiger partial charge in [-0.2, -0.15) is 0 Å².